The number of carbonyl (C=O) groups excluding carboxylic acids is 1. The van der Waals surface area contributed by atoms with Gasteiger partial charge in [-0.3, -0.25) is 4.79 Å². The van der Waals surface area contributed by atoms with Crippen LogP contribution in [-0.4, -0.2) is 24.6 Å². The average Bonchev–Trinajstić information content (AvgIpc) is 2.15. The van der Waals surface area contributed by atoms with Crippen molar-refractivity contribution >= 4 is 6.29 Å². The van der Waals surface area contributed by atoms with Crippen molar-refractivity contribution in [2.24, 2.45) is 0 Å². The van der Waals surface area contributed by atoms with Crippen molar-refractivity contribution in [1.82, 2.24) is 0 Å². The lowest BCUT2D eigenvalue weighted by atomic mass is 10.2. The zero-order chi connectivity index (χ0) is 8.81. The highest BCUT2D eigenvalue weighted by Crippen LogP contribution is 2.10. The van der Waals surface area contributed by atoms with Crippen LogP contribution >= 0.6 is 0 Å². The lowest BCUT2D eigenvalue weighted by molar-refractivity contribution is 0.201. The summed E-state index contributed by atoms with van der Waals surface area (Å²) in [6, 6.07) is 6.55. The van der Waals surface area contributed by atoms with E-state index in [1.807, 2.05) is 0 Å². The molecule has 0 heterocycles. The van der Waals surface area contributed by atoms with Crippen LogP contribution in [-0.2, 0) is 4.79 Å². The molecule has 1 radical (unpaired) electrons. The Morgan fingerprint density at radius 2 is 2.00 bits per heavy atom. The molecule has 0 bridgehead atoms. The minimum Gasteiger partial charge on any atom is -0.491 e. The van der Waals surface area contributed by atoms with Gasteiger partial charge in [-0.15, -0.1) is 0 Å². The van der Waals surface area contributed by atoms with Gasteiger partial charge in [-0.2, -0.15) is 0 Å². The molecule has 3 nitrogen and oxygen atoms in total. The second-order valence-corrected chi connectivity index (χ2v) is 2.20. The summed E-state index contributed by atoms with van der Waals surface area (Å²) in [5, 5.41) is 8.44. The SMILES string of the molecule is O=[C]c1ccc(OCCO)cc1. The molecule has 1 aromatic carbocycles. The van der Waals surface area contributed by atoms with Crippen molar-refractivity contribution in [3.05, 3.63) is 29.8 Å². The minimum absolute atomic E-state index is 0.0123. The van der Waals surface area contributed by atoms with Crippen LogP contribution in [0.4, 0.5) is 0 Å². The Balaban J connectivity index is 2.58. The first-order valence-corrected chi connectivity index (χ1v) is 3.58. The van der Waals surface area contributed by atoms with E-state index in [4.69, 9.17) is 9.84 Å². The predicted molar refractivity (Wildman–Crippen MR) is 43.8 cm³/mol. The zero-order valence-electron chi connectivity index (χ0n) is 6.49. The topological polar surface area (TPSA) is 46.5 Å². The highest BCUT2D eigenvalue weighted by atomic mass is 16.5. The molecule has 1 aromatic rings. The van der Waals surface area contributed by atoms with Gasteiger partial charge in [-0.05, 0) is 24.3 Å². The third-order valence-corrected chi connectivity index (χ3v) is 1.33. The molecule has 1 N–H and O–H groups in total. The molecule has 1 rings (SSSR count). The van der Waals surface area contributed by atoms with E-state index in [9.17, 15) is 4.79 Å². The van der Waals surface area contributed by atoms with Gasteiger partial charge in [0.2, 0.25) is 6.29 Å². The van der Waals surface area contributed by atoms with Gasteiger partial charge in [0, 0.05) is 5.56 Å². The van der Waals surface area contributed by atoms with E-state index in [-0.39, 0.29) is 13.2 Å². The van der Waals surface area contributed by atoms with Crippen molar-refractivity contribution in [2.75, 3.05) is 13.2 Å². The smallest absolute Gasteiger partial charge is 0.233 e. The van der Waals surface area contributed by atoms with E-state index in [0.29, 0.717) is 11.3 Å². The predicted octanol–water partition coefficient (Wildman–Crippen LogP) is 0.516. The molecule has 0 aliphatic heterocycles. The summed E-state index contributed by atoms with van der Waals surface area (Å²) < 4.78 is 5.07. The van der Waals surface area contributed by atoms with Crippen molar-refractivity contribution in [3.63, 3.8) is 0 Å². The molecule has 0 saturated carbocycles. The van der Waals surface area contributed by atoms with Crippen LogP contribution in [0.25, 0.3) is 0 Å². The standard InChI is InChI=1S/C9H9O3/c10-5-6-12-9-3-1-8(7-11)2-4-9/h1-4,10H,5-6H2. The number of aliphatic hydroxyl groups excluding tert-OH is 1. The lowest BCUT2D eigenvalue weighted by Gasteiger charge is -2.02. The average molecular weight is 165 g/mol. The van der Waals surface area contributed by atoms with Gasteiger partial charge in [0.1, 0.15) is 12.4 Å². The maximum absolute atomic E-state index is 10.1. The first-order valence-electron chi connectivity index (χ1n) is 3.58. The fourth-order valence-electron chi connectivity index (χ4n) is 0.783. The molecular formula is C9H9O3. The van der Waals surface area contributed by atoms with Gasteiger partial charge in [-0.25, -0.2) is 0 Å². The Hall–Kier alpha value is -1.35. The van der Waals surface area contributed by atoms with Gasteiger partial charge >= 0.3 is 0 Å². The Labute approximate surface area is 70.6 Å². The van der Waals surface area contributed by atoms with Gasteiger partial charge in [-0.1, -0.05) is 0 Å². The molecule has 0 aliphatic rings. The number of hydrogen-bond acceptors (Lipinski definition) is 3. The number of rotatable bonds is 4. The van der Waals surface area contributed by atoms with Gasteiger partial charge in [0.25, 0.3) is 0 Å². The fourth-order valence-corrected chi connectivity index (χ4v) is 0.783. The van der Waals surface area contributed by atoms with Crippen LogP contribution in [0.15, 0.2) is 24.3 Å². The zero-order valence-corrected chi connectivity index (χ0v) is 6.49. The van der Waals surface area contributed by atoms with Crippen LogP contribution in [0.3, 0.4) is 0 Å². The van der Waals surface area contributed by atoms with Crippen molar-refractivity contribution < 1.29 is 14.6 Å². The van der Waals surface area contributed by atoms with Gasteiger partial charge < -0.3 is 9.84 Å². The van der Waals surface area contributed by atoms with Crippen LogP contribution < -0.4 is 4.74 Å². The lowest BCUT2D eigenvalue weighted by Crippen LogP contribution is -2.01. The van der Waals surface area contributed by atoms with E-state index in [1.165, 1.54) is 0 Å². The number of aliphatic hydroxyl groups is 1. The molecule has 0 unspecified atom stereocenters. The Morgan fingerprint density at radius 3 is 2.50 bits per heavy atom. The maximum Gasteiger partial charge on any atom is 0.233 e. The molecule has 0 spiro atoms. The minimum atomic E-state index is -0.0123. The third-order valence-electron chi connectivity index (χ3n) is 1.33. The fraction of sp³-hybridized carbons (Fsp3) is 0.222. The third kappa shape index (κ3) is 2.36. The highest BCUT2D eigenvalue weighted by Gasteiger charge is 1.93. The summed E-state index contributed by atoms with van der Waals surface area (Å²) in [7, 11) is 0. The summed E-state index contributed by atoms with van der Waals surface area (Å²) in [5.74, 6) is 0.642. The van der Waals surface area contributed by atoms with E-state index in [0.717, 1.165) is 0 Å². The van der Waals surface area contributed by atoms with Crippen LogP contribution in [0, 0.1) is 0 Å². The van der Waals surface area contributed by atoms with E-state index >= 15 is 0 Å². The largest absolute Gasteiger partial charge is 0.491 e. The van der Waals surface area contributed by atoms with Crippen LogP contribution in [0.1, 0.15) is 5.56 Å². The number of hydrogen-bond donors (Lipinski definition) is 1. The molecule has 3 heteroatoms. The Kier molecular flexibility index (Phi) is 3.29. The summed E-state index contributed by atoms with van der Waals surface area (Å²) in [6.45, 7) is 0.256. The number of benzene rings is 1. The monoisotopic (exact) mass is 165 g/mol. The van der Waals surface area contributed by atoms with Crippen LogP contribution in [0.5, 0.6) is 5.75 Å². The molecule has 0 fully saturated rings. The first-order chi connectivity index (χ1) is 5.86. The summed E-state index contributed by atoms with van der Waals surface area (Å²) in [5.41, 5.74) is 0.492. The molecule has 63 valence electrons. The summed E-state index contributed by atoms with van der Waals surface area (Å²) in [6.07, 6.45) is 1.76. The highest BCUT2D eigenvalue weighted by molar-refractivity contribution is 5.75. The normalized spacial score (nSPS) is 9.42. The van der Waals surface area contributed by atoms with Crippen molar-refractivity contribution in [2.45, 2.75) is 0 Å². The molecule has 0 saturated heterocycles. The number of ether oxygens (including phenoxy) is 1. The molecule has 0 atom stereocenters. The maximum atomic E-state index is 10.1. The summed E-state index contributed by atoms with van der Waals surface area (Å²) in [4.78, 5) is 10.1. The van der Waals surface area contributed by atoms with E-state index in [2.05, 4.69) is 0 Å². The van der Waals surface area contributed by atoms with Crippen molar-refractivity contribution in [1.29, 1.82) is 0 Å². The molecule has 0 aromatic heterocycles. The summed E-state index contributed by atoms with van der Waals surface area (Å²) >= 11 is 0. The van der Waals surface area contributed by atoms with E-state index < -0.39 is 0 Å². The van der Waals surface area contributed by atoms with E-state index in [1.54, 1.807) is 30.6 Å². The Morgan fingerprint density at radius 1 is 1.33 bits per heavy atom. The van der Waals surface area contributed by atoms with Crippen LogP contribution in [0.2, 0.25) is 0 Å². The molecule has 0 aliphatic carbocycles. The van der Waals surface area contributed by atoms with Crippen molar-refractivity contribution in [3.8, 4) is 5.75 Å². The van der Waals surface area contributed by atoms with Gasteiger partial charge in [0.15, 0.2) is 0 Å². The van der Waals surface area contributed by atoms with Gasteiger partial charge in [0.05, 0.1) is 6.61 Å². The Bertz CT molecular complexity index is 240. The molecule has 0 amide bonds. The first kappa shape index (κ1) is 8.74. The quantitative estimate of drug-likeness (QED) is 0.707. The second kappa shape index (κ2) is 4.51. The second-order valence-electron chi connectivity index (χ2n) is 2.20. The molecular weight excluding hydrogens is 156 g/mol. The molecule has 12 heavy (non-hydrogen) atoms.